The van der Waals surface area contributed by atoms with Gasteiger partial charge in [0.25, 0.3) is 0 Å². The van der Waals surface area contributed by atoms with E-state index < -0.39 is 5.97 Å². The third-order valence-corrected chi connectivity index (χ3v) is 3.28. The Hall–Kier alpha value is -2.60. The number of methoxy groups -OCH3 is 1. The second kappa shape index (κ2) is 5.06. The fourth-order valence-electron chi connectivity index (χ4n) is 2.02. The fraction of sp³-hybridized carbons (Fsp3) is 0.0714. The van der Waals surface area contributed by atoms with Crippen molar-refractivity contribution in [2.45, 2.75) is 0 Å². The molecule has 1 N–H and O–H groups in total. The lowest BCUT2D eigenvalue weighted by Crippen LogP contribution is -2.05. The number of pyridine rings is 1. The molecular weight excluding hydrogens is 294 g/mol. The van der Waals surface area contributed by atoms with Crippen LogP contribution in [-0.2, 0) is 4.74 Å². The molecule has 3 rings (SSSR count). The Morgan fingerprint density at radius 3 is 2.67 bits per heavy atom. The molecule has 0 spiro atoms. The van der Waals surface area contributed by atoms with Gasteiger partial charge >= 0.3 is 5.97 Å². The summed E-state index contributed by atoms with van der Waals surface area (Å²) in [5, 5.41) is 15.7. The van der Waals surface area contributed by atoms with Crippen LogP contribution in [0.2, 0.25) is 5.02 Å². The molecule has 7 heteroatoms. The molecule has 106 valence electrons. The number of halogens is 1. The van der Waals surface area contributed by atoms with Crippen molar-refractivity contribution in [2.24, 2.45) is 0 Å². The number of benzene rings is 1. The van der Waals surface area contributed by atoms with Crippen molar-refractivity contribution in [3.63, 3.8) is 0 Å². The van der Waals surface area contributed by atoms with Gasteiger partial charge in [0.2, 0.25) is 0 Å². The predicted octanol–water partition coefficient (Wildman–Crippen LogP) is 2.57. The molecule has 0 radical (unpaired) electrons. The number of hydrogen-bond donors (Lipinski definition) is 1. The highest BCUT2D eigenvalue weighted by Crippen LogP contribution is 2.29. The number of rotatable bonds is 2. The molecule has 2 aromatic heterocycles. The summed E-state index contributed by atoms with van der Waals surface area (Å²) in [5.41, 5.74) is 0.931. The molecule has 0 saturated carbocycles. The van der Waals surface area contributed by atoms with E-state index in [-0.39, 0.29) is 11.4 Å². The van der Waals surface area contributed by atoms with Crippen molar-refractivity contribution in [3.8, 4) is 11.4 Å². The summed E-state index contributed by atoms with van der Waals surface area (Å²) < 4.78 is 6.10. The van der Waals surface area contributed by atoms with E-state index in [2.05, 4.69) is 14.8 Å². The highest BCUT2D eigenvalue weighted by Gasteiger charge is 2.19. The van der Waals surface area contributed by atoms with E-state index in [1.165, 1.54) is 18.0 Å². The van der Waals surface area contributed by atoms with Gasteiger partial charge in [-0.3, -0.25) is 0 Å². The van der Waals surface area contributed by atoms with Crippen molar-refractivity contribution in [1.82, 2.24) is 14.8 Å². The largest absolute Gasteiger partial charge is 0.504 e. The molecule has 6 nitrogen and oxygen atoms in total. The molecule has 0 atom stereocenters. The summed E-state index contributed by atoms with van der Waals surface area (Å²) >= 11 is 5.86. The standard InChI is InChI=1S/C14H10ClN3O3/c1-21-14(20)11-13(19)12-8(6-16-11)7-17-18(12)10-4-2-9(15)3-5-10/h2-7,19H,1H3. The van der Waals surface area contributed by atoms with Crippen LogP contribution in [0.1, 0.15) is 10.5 Å². The van der Waals surface area contributed by atoms with Crippen LogP contribution in [0.4, 0.5) is 0 Å². The summed E-state index contributed by atoms with van der Waals surface area (Å²) in [6, 6.07) is 6.94. The Bertz CT molecular complexity index is 827. The van der Waals surface area contributed by atoms with Crippen LogP contribution in [-0.4, -0.2) is 33.0 Å². The van der Waals surface area contributed by atoms with E-state index in [9.17, 15) is 9.90 Å². The summed E-state index contributed by atoms with van der Waals surface area (Å²) in [7, 11) is 1.23. The number of fused-ring (bicyclic) bond motifs is 1. The quantitative estimate of drug-likeness (QED) is 0.736. The van der Waals surface area contributed by atoms with Gasteiger partial charge in [-0.05, 0) is 24.3 Å². The maximum Gasteiger partial charge on any atom is 0.360 e. The van der Waals surface area contributed by atoms with E-state index in [1.54, 1.807) is 30.5 Å². The van der Waals surface area contributed by atoms with E-state index in [1.807, 2.05) is 0 Å². The number of aromatic hydroxyl groups is 1. The lowest BCUT2D eigenvalue weighted by Gasteiger charge is -2.07. The van der Waals surface area contributed by atoms with Crippen LogP contribution in [0.25, 0.3) is 16.6 Å². The molecule has 0 aliphatic carbocycles. The Balaban J connectivity index is 2.25. The topological polar surface area (TPSA) is 77.2 Å². The zero-order chi connectivity index (χ0) is 15.0. The van der Waals surface area contributed by atoms with Gasteiger partial charge in [-0.25, -0.2) is 14.5 Å². The van der Waals surface area contributed by atoms with Gasteiger partial charge in [0.05, 0.1) is 19.0 Å². The first-order valence-electron chi connectivity index (χ1n) is 6.02. The maximum absolute atomic E-state index is 11.6. The molecular formula is C14H10ClN3O3. The average molecular weight is 304 g/mol. The fourth-order valence-corrected chi connectivity index (χ4v) is 2.15. The SMILES string of the molecule is COC(=O)c1ncc2cnn(-c3ccc(Cl)cc3)c2c1O. The van der Waals surface area contributed by atoms with Crippen molar-refractivity contribution in [1.29, 1.82) is 0 Å². The summed E-state index contributed by atoms with van der Waals surface area (Å²) in [6.07, 6.45) is 3.01. The smallest absolute Gasteiger partial charge is 0.360 e. The lowest BCUT2D eigenvalue weighted by atomic mass is 10.2. The molecule has 0 saturated heterocycles. The zero-order valence-corrected chi connectivity index (χ0v) is 11.7. The van der Waals surface area contributed by atoms with Crippen molar-refractivity contribution < 1.29 is 14.6 Å². The van der Waals surface area contributed by atoms with E-state index in [0.29, 0.717) is 21.6 Å². The van der Waals surface area contributed by atoms with Crippen LogP contribution in [0.3, 0.4) is 0 Å². The number of carbonyl (C=O) groups excluding carboxylic acids is 1. The van der Waals surface area contributed by atoms with Crippen LogP contribution in [0, 0.1) is 0 Å². The normalized spacial score (nSPS) is 10.8. The van der Waals surface area contributed by atoms with E-state index in [0.717, 1.165) is 0 Å². The zero-order valence-electron chi connectivity index (χ0n) is 10.9. The third kappa shape index (κ3) is 2.19. The highest BCUT2D eigenvalue weighted by molar-refractivity contribution is 6.30. The minimum Gasteiger partial charge on any atom is -0.504 e. The van der Waals surface area contributed by atoms with Crippen molar-refractivity contribution in [3.05, 3.63) is 47.4 Å². The minimum atomic E-state index is -0.710. The molecule has 0 aliphatic rings. The summed E-state index contributed by atoms with van der Waals surface area (Å²) in [5.74, 6) is -0.981. The third-order valence-electron chi connectivity index (χ3n) is 3.03. The molecule has 0 amide bonds. The van der Waals surface area contributed by atoms with Gasteiger partial charge < -0.3 is 9.84 Å². The molecule has 0 fully saturated rings. The summed E-state index contributed by atoms with van der Waals surface area (Å²) in [4.78, 5) is 15.5. The first-order valence-corrected chi connectivity index (χ1v) is 6.39. The van der Waals surface area contributed by atoms with Crippen LogP contribution < -0.4 is 0 Å². The molecule has 0 bridgehead atoms. The average Bonchev–Trinajstić information content (AvgIpc) is 2.92. The number of esters is 1. The molecule has 0 aliphatic heterocycles. The highest BCUT2D eigenvalue weighted by atomic mass is 35.5. The van der Waals surface area contributed by atoms with Crippen LogP contribution in [0.15, 0.2) is 36.7 Å². The Morgan fingerprint density at radius 2 is 2.00 bits per heavy atom. The van der Waals surface area contributed by atoms with Gasteiger partial charge in [0.15, 0.2) is 11.4 Å². The Morgan fingerprint density at radius 1 is 1.29 bits per heavy atom. The number of carbonyl (C=O) groups is 1. The van der Waals surface area contributed by atoms with Crippen molar-refractivity contribution in [2.75, 3.05) is 7.11 Å². The van der Waals surface area contributed by atoms with E-state index in [4.69, 9.17) is 11.6 Å². The predicted molar refractivity (Wildman–Crippen MR) is 76.9 cm³/mol. The van der Waals surface area contributed by atoms with Gasteiger partial charge in [0.1, 0.15) is 5.52 Å². The molecule has 0 unspecified atom stereocenters. The number of ether oxygens (including phenoxy) is 1. The lowest BCUT2D eigenvalue weighted by molar-refractivity contribution is 0.0590. The number of hydrogen-bond acceptors (Lipinski definition) is 5. The molecule has 21 heavy (non-hydrogen) atoms. The van der Waals surface area contributed by atoms with Crippen LogP contribution >= 0.6 is 11.6 Å². The second-order valence-electron chi connectivity index (χ2n) is 4.28. The maximum atomic E-state index is 11.6. The first kappa shape index (κ1) is 13.4. The monoisotopic (exact) mass is 303 g/mol. The number of aromatic nitrogens is 3. The minimum absolute atomic E-state index is 0.152. The van der Waals surface area contributed by atoms with Gasteiger partial charge in [-0.15, -0.1) is 0 Å². The Labute approximate surface area is 124 Å². The molecule has 3 aromatic rings. The molecule has 2 heterocycles. The van der Waals surface area contributed by atoms with Crippen LogP contribution in [0.5, 0.6) is 5.75 Å². The second-order valence-corrected chi connectivity index (χ2v) is 4.72. The molecule has 1 aromatic carbocycles. The first-order chi connectivity index (χ1) is 10.1. The Kier molecular flexibility index (Phi) is 3.23. The summed E-state index contributed by atoms with van der Waals surface area (Å²) in [6.45, 7) is 0. The van der Waals surface area contributed by atoms with E-state index >= 15 is 0 Å². The van der Waals surface area contributed by atoms with Gasteiger partial charge in [-0.1, -0.05) is 11.6 Å². The number of nitrogens with zero attached hydrogens (tertiary/aromatic N) is 3. The van der Waals surface area contributed by atoms with Gasteiger partial charge in [0, 0.05) is 16.6 Å². The van der Waals surface area contributed by atoms with Crippen molar-refractivity contribution >= 4 is 28.5 Å². The van der Waals surface area contributed by atoms with Gasteiger partial charge in [-0.2, -0.15) is 5.10 Å².